The number of nitrogens with zero attached hydrogens (tertiary/aromatic N) is 1. The molecule has 3 amide bonds. The molecule has 0 unspecified atom stereocenters. The summed E-state index contributed by atoms with van der Waals surface area (Å²) in [6.07, 6.45) is -1.92. The van der Waals surface area contributed by atoms with Gasteiger partial charge in [-0.2, -0.15) is 0 Å². The van der Waals surface area contributed by atoms with Crippen LogP contribution in [-0.4, -0.2) is 51.7 Å². The second kappa shape index (κ2) is 11.3. The number of rotatable bonds is 9. The first-order chi connectivity index (χ1) is 12.7. The molecule has 0 saturated heterocycles. The summed E-state index contributed by atoms with van der Waals surface area (Å²) < 4.78 is 5.39. The first-order valence-corrected chi connectivity index (χ1v) is 9.68. The summed E-state index contributed by atoms with van der Waals surface area (Å²) in [4.78, 5) is 38.4. The average molecular weight is 403 g/mol. The number of aliphatic hydroxyl groups is 1. The quantitative estimate of drug-likeness (QED) is 0.258. The minimum Gasteiger partial charge on any atom is -0.443 e. The van der Waals surface area contributed by atoms with E-state index < -0.39 is 41.7 Å². The highest BCUT2D eigenvalue weighted by atomic mass is 16.6. The molecule has 9 nitrogen and oxygen atoms in total. The molecule has 28 heavy (non-hydrogen) atoms. The average Bonchev–Trinajstić information content (AvgIpc) is 2.50. The lowest BCUT2D eigenvalue weighted by Crippen LogP contribution is -2.57. The smallest absolute Gasteiger partial charge is 0.417 e. The Hall–Kier alpha value is -1.71. The molecular formula is C19H38N4O5. The van der Waals surface area contributed by atoms with Crippen molar-refractivity contribution in [3.8, 4) is 0 Å². The van der Waals surface area contributed by atoms with Crippen molar-refractivity contribution in [1.82, 2.24) is 10.3 Å². The molecule has 9 heteroatoms. The number of hydrazine groups is 1. The summed E-state index contributed by atoms with van der Waals surface area (Å²) in [7, 11) is 0. The van der Waals surface area contributed by atoms with Crippen molar-refractivity contribution in [2.24, 2.45) is 23.4 Å². The van der Waals surface area contributed by atoms with E-state index in [4.69, 9.17) is 16.3 Å². The van der Waals surface area contributed by atoms with Gasteiger partial charge in [-0.05, 0) is 45.4 Å². The Kier molecular flexibility index (Phi) is 10.6. The lowest BCUT2D eigenvalue weighted by Gasteiger charge is -2.36. The van der Waals surface area contributed by atoms with E-state index in [-0.39, 0.29) is 24.7 Å². The molecule has 0 radical (unpaired) electrons. The SMILES string of the molecule is CC(C)C[C@H](N)C(=O)N(C(=O)OC(C)(C)C)[C@@H](CC(C)C)[C@@H](O)CC(=O)NN. The van der Waals surface area contributed by atoms with Crippen LogP contribution >= 0.6 is 0 Å². The minimum atomic E-state index is -1.31. The maximum Gasteiger partial charge on any atom is 0.417 e. The number of nitrogens with two attached hydrogens (primary N) is 2. The summed E-state index contributed by atoms with van der Waals surface area (Å²) in [5.74, 6) is 4.02. The molecular weight excluding hydrogens is 364 g/mol. The fourth-order valence-corrected chi connectivity index (χ4v) is 2.79. The monoisotopic (exact) mass is 402 g/mol. The van der Waals surface area contributed by atoms with Crippen LogP contribution in [0.5, 0.6) is 0 Å². The Morgan fingerprint density at radius 1 is 1.07 bits per heavy atom. The number of nitrogens with one attached hydrogen (secondary N) is 1. The summed E-state index contributed by atoms with van der Waals surface area (Å²) >= 11 is 0. The number of imide groups is 1. The number of carbonyl (C=O) groups is 3. The summed E-state index contributed by atoms with van der Waals surface area (Å²) in [5.41, 5.74) is 7.13. The number of hydrogen-bond acceptors (Lipinski definition) is 7. The van der Waals surface area contributed by atoms with Crippen LogP contribution in [0.15, 0.2) is 0 Å². The van der Waals surface area contributed by atoms with Crippen LogP contribution in [0.3, 0.4) is 0 Å². The fourth-order valence-electron chi connectivity index (χ4n) is 2.79. The third-order valence-electron chi connectivity index (χ3n) is 3.91. The fraction of sp³-hybridized carbons (Fsp3) is 0.842. The van der Waals surface area contributed by atoms with Crippen molar-refractivity contribution >= 4 is 17.9 Å². The van der Waals surface area contributed by atoms with E-state index in [2.05, 4.69) is 0 Å². The van der Waals surface area contributed by atoms with Crippen molar-refractivity contribution < 1.29 is 24.2 Å². The van der Waals surface area contributed by atoms with E-state index in [1.165, 1.54) is 0 Å². The maximum absolute atomic E-state index is 13.1. The summed E-state index contributed by atoms with van der Waals surface area (Å²) in [6.45, 7) is 12.6. The lowest BCUT2D eigenvalue weighted by molar-refractivity contribution is -0.139. The third-order valence-corrected chi connectivity index (χ3v) is 3.91. The summed E-state index contributed by atoms with van der Waals surface area (Å²) in [5, 5.41) is 10.6. The van der Waals surface area contributed by atoms with Gasteiger partial charge >= 0.3 is 6.09 Å². The summed E-state index contributed by atoms with van der Waals surface area (Å²) in [6, 6.07) is -1.91. The molecule has 0 spiro atoms. The van der Waals surface area contributed by atoms with Crippen LogP contribution in [0.25, 0.3) is 0 Å². The highest BCUT2D eigenvalue weighted by molar-refractivity contribution is 5.95. The van der Waals surface area contributed by atoms with Crippen molar-refractivity contribution in [3.63, 3.8) is 0 Å². The molecule has 0 saturated carbocycles. The largest absolute Gasteiger partial charge is 0.443 e. The first-order valence-electron chi connectivity index (χ1n) is 9.68. The molecule has 0 bridgehead atoms. The molecule has 164 valence electrons. The molecule has 0 aromatic carbocycles. The van der Waals surface area contributed by atoms with Gasteiger partial charge in [0.25, 0.3) is 0 Å². The van der Waals surface area contributed by atoms with Gasteiger partial charge in [0.15, 0.2) is 0 Å². The standard InChI is InChI=1S/C19H38N4O5/c1-11(2)8-13(20)17(26)23(18(27)28-19(5,6)7)14(9-12(3)4)15(24)10-16(25)22-21/h11-15,24H,8-10,20-21H2,1-7H3,(H,22,25)/t13-,14-,15-/m0/s1. The second-order valence-corrected chi connectivity index (χ2v) is 8.96. The van der Waals surface area contributed by atoms with E-state index in [0.717, 1.165) is 4.90 Å². The zero-order valence-corrected chi connectivity index (χ0v) is 18.2. The molecule has 0 aliphatic rings. The highest BCUT2D eigenvalue weighted by Gasteiger charge is 2.40. The van der Waals surface area contributed by atoms with Gasteiger partial charge in [-0.15, -0.1) is 0 Å². The molecule has 3 atom stereocenters. The first kappa shape index (κ1) is 26.3. The van der Waals surface area contributed by atoms with Gasteiger partial charge < -0.3 is 15.6 Å². The van der Waals surface area contributed by atoms with Crippen molar-refractivity contribution in [2.45, 2.75) is 91.5 Å². The molecule has 0 aromatic heterocycles. The van der Waals surface area contributed by atoms with Crippen LogP contribution in [0.2, 0.25) is 0 Å². The Bertz CT molecular complexity index is 531. The van der Waals surface area contributed by atoms with Crippen LogP contribution in [0.4, 0.5) is 4.79 Å². The van der Waals surface area contributed by atoms with Crippen molar-refractivity contribution in [1.29, 1.82) is 0 Å². The predicted octanol–water partition coefficient (Wildman–Crippen LogP) is 1.28. The highest BCUT2D eigenvalue weighted by Crippen LogP contribution is 2.22. The van der Waals surface area contributed by atoms with E-state index in [0.29, 0.717) is 6.42 Å². The Balaban J connectivity index is 5.96. The van der Waals surface area contributed by atoms with Gasteiger partial charge in [-0.1, -0.05) is 27.7 Å². The van der Waals surface area contributed by atoms with Gasteiger partial charge in [0.1, 0.15) is 5.60 Å². The molecule has 0 fully saturated rings. The van der Waals surface area contributed by atoms with E-state index in [9.17, 15) is 19.5 Å². The molecule has 0 aliphatic carbocycles. The number of hydrogen-bond donors (Lipinski definition) is 4. The second-order valence-electron chi connectivity index (χ2n) is 8.96. The number of ether oxygens (including phenoxy) is 1. The predicted molar refractivity (Wildman–Crippen MR) is 107 cm³/mol. The minimum absolute atomic E-state index is 0.0275. The number of aliphatic hydroxyl groups excluding tert-OH is 1. The zero-order valence-electron chi connectivity index (χ0n) is 18.2. The molecule has 0 aromatic rings. The Morgan fingerprint density at radius 2 is 1.57 bits per heavy atom. The number of amides is 3. The van der Waals surface area contributed by atoms with E-state index in [1.807, 2.05) is 33.1 Å². The Labute approximate surface area is 168 Å². The topological polar surface area (TPSA) is 148 Å². The maximum atomic E-state index is 13.1. The molecule has 0 heterocycles. The van der Waals surface area contributed by atoms with Gasteiger partial charge in [-0.25, -0.2) is 15.5 Å². The van der Waals surface area contributed by atoms with Crippen molar-refractivity contribution in [3.05, 3.63) is 0 Å². The zero-order chi connectivity index (χ0) is 22.2. The van der Waals surface area contributed by atoms with Gasteiger partial charge in [-0.3, -0.25) is 15.0 Å². The van der Waals surface area contributed by atoms with Gasteiger partial charge in [0.2, 0.25) is 11.8 Å². The normalized spacial score (nSPS) is 15.1. The van der Waals surface area contributed by atoms with E-state index in [1.54, 1.807) is 20.8 Å². The van der Waals surface area contributed by atoms with Crippen LogP contribution in [0.1, 0.15) is 67.7 Å². The van der Waals surface area contributed by atoms with Gasteiger partial charge in [0, 0.05) is 0 Å². The number of carbonyl (C=O) groups excluding carboxylic acids is 3. The van der Waals surface area contributed by atoms with Crippen LogP contribution in [0, 0.1) is 11.8 Å². The van der Waals surface area contributed by atoms with Crippen LogP contribution < -0.4 is 17.0 Å². The molecule has 0 rings (SSSR count). The van der Waals surface area contributed by atoms with Crippen molar-refractivity contribution in [2.75, 3.05) is 0 Å². The third kappa shape index (κ3) is 9.48. The van der Waals surface area contributed by atoms with Crippen LogP contribution in [-0.2, 0) is 14.3 Å². The van der Waals surface area contributed by atoms with Gasteiger partial charge in [0.05, 0.1) is 24.6 Å². The molecule has 6 N–H and O–H groups in total. The lowest BCUT2D eigenvalue weighted by atomic mass is 9.94. The Morgan fingerprint density at radius 3 is 1.96 bits per heavy atom. The molecule has 0 aliphatic heterocycles. The van der Waals surface area contributed by atoms with E-state index >= 15 is 0 Å².